The van der Waals surface area contributed by atoms with Crippen molar-refractivity contribution in [2.45, 2.75) is 6.54 Å². The number of benzene rings is 1. The van der Waals surface area contributed by atoms with Crippen molar-refractivity contribution in [2.75, 3.05) is 33.2 Å². The molecule has 1 aliphatic heterocycles. The molecule has 1 aromatic carbocycles. The second-order valence-electron chi connectivity index (χ2n) is 5.66. The number of rotatable bonds is 4. The van der Waals surface area contributed by atoms with Gasteiger partial charge in [0.15, 0.2) is 0 Å². The summed E-state index contributed by atoms with van der Waals surface area (Å²) >= 11 is 0. The summed E-state index contributed by atoms with van der Waals surface area (Å²) in [5, 5.41) is 5.80. The molecule has 1 N–H and O–H groups in total. The molecular weight excluding hydrogens is 317 g/mol. The number of carbonyl (C=O) groups excluding carboxylic acids is 1. The van der Waals surface area contributed by atoms with Crippen LogP contribution in [-0.4, -0.2) is 58.8 Å². The van der Waals surface area contributed by atoms with E-state index in [-0.39, 0.29) is 18.3 Å². The number of halogens is 1. The van der Waals surface area contributed by atoms with Crippen molar-refractivity contribution in [3.05, 3.63) is 40.6 Å². The molecule has 1 fully saturated rings. The van der Waals surface area contributed by atoms with Crippen LogP contribution in [-0.2, 0) is 11.3 Å². The molecule has 2 heterocycles. The normalized spacial score (nSPS) is 16.2. The zero-order valence-electron chi connectivity index (χ0n) is 13.2. The predicted molar refractivity (Wildman–Crippen MR) is 83.4 cm³/mol. The Balaban J connectivity index is 1.64. The molecule has 1 saturated heterocycles. The lowest BCUT2D eigenvalue weighted by molar-refractivity contribution is -0.127. The van der Waals surface area contributed by atoms with Crippen LogP contribution in [0.15, 0.2) is 33.5 Å². The van der Waals surface area contributed by atoms with Gasteiger partial charge in [-0.3, -0.25) is 10.2 Å². The fraction of sp³-hybridized carbons (Fsp3) is 0.400. The number of hydrogen-bond acceptors (Lipinski definition) is 6. The van der Waals surface area contributed by atoms with Crippen molar-refractivity contribution in [3.63, 3.8) is 0 Å². The van der Waals surface area contributed by atoms with E-state index in [2.05, 4.69) is 15.4 Å². The van der Waals surface area contributed by atoms with Gasteiger partial charge in [0.05, 0.1) is 0 Å². The molecule has 8 nitrogen and oxygen atoms in total. The molecule has 1 amide bonds. The van der Waals surface area contributed by atoms with Crippen LogP contribution in [0.3, 0.4) is 0 Å². The summed E-state index contributed by atoms with van der Waals surface area (Å²) in [6.07, 6.45) is 0. The second-order valence-corrected chi connectivity index (χ2v) is 5.66. The summed E-state index contributed by atoms with van der Waals surface area (Å²) in [5.74, 6) is -1.43. The zero-order chi connectivity index (χ0) is 17.1. The monoisotopic (exact) mass is 335 g/mol. The Hall–Kier alpha value is -2.52. The number of hydrazine groups is 1. The third-order valence-electron chi connectivity index (χ3n) is 3.78. The van der Waals surface area contributed by atoms with Gasteiger partial charge in [0.25, 0.3) is 5.91 Å². The first-order valence-corrected chi connectivity index (χ1v) is 7.58. The minimum atomic E-state index is -0.733. The number of likely N-dealkylation sites (N-methyl/N-ethyl adjacent to an activating group) is 1. The summed E-state index contributed by atoms with van der Waals surface area (Å²) < 4.78 is 18.9. The van der Waals surface area contributed by atoms with E-state index in [1.807, 2.05) is 12.1 Å². The smallest absolute Gasteiger partial charge is 0.388 e. The summed E-state index contributed by atoms with van der Waals surface area (Å²) in [4.78, 5) is 26.0. The Morgan fingerprint density at radius 2 is 1.92 bits per heavy atom. The average Bonchev–Trinajstić information content (AvgIpc) is 2.91. The summed E-state index contributed by atoms with van der Waals surface area (Å²) in [6, 6.07) is 5.40. The highest BCUT2D eigenvalue weighted by Crippen LogP contribution is 2.15. The van der Waals surface area contributed by atoms with Crippen molar-refractivity contribution in [1.29, 1.82) is 0 Å². The molecule has 0 aliphatic carbocycles. The fourth-order valence-electron chi connectivity index (χ4n) is 2.38. The molecule has 0 saturated carbocycles. The Morgan fingerprint density at radius 1 is 1.25 bits per heavy atom. The number of piperazine rings is 1. The first-order valence-electron chi connectivity index (χ1n) is 7.58. The average molecular weight is 335 g/mol. The predicted octanol–water partition coefficient (Wildman–Crippen LogP) is -0.0790. The number of amides is 1. The molecule has 2 aromatic rings. The summed E-state index contributed by atoms with van der Waals surface area (Å²) in [7, 11) is 2.02. The number of nitrogens with zero attached hydrogens (tertiary/aromatic N) is 4. The Morgan fingerprint density at radius 3 is 2.58 bits per heavy atom. The van der Waals surface area contributed by atoms with Crippen LogP contribution in [0.25, 0.3) is 11.5 Å². The lowest BCUT2D eigenvalue weighted by Gasteiger charge is -2.32. The zero-order valence-corrected chi connectivity index (χ0v) is 13.2. The van der Waals surface area contributed by atoms with Gasteiger partial charge < -0.3 is 9.32 Å². The number of carbonyl (C=O) groups is 1. The van der Waals surface area contributed by atoms with Crippen molar-refractivity contribution in [2.24, 2.45) is 0 Å². The third kappa shape index (κ3) is 3.87. The molecule has 0 unspecified atom stereocenters. The van der Waals surface area contributed by atoms with Crippen LogP contribution in [0.2, 0.25) is 0 Å². The van der Waals surface area contributed by atoms with Gasteiger partial charge in [-0.1, -0.05) is 0 Å². The highest BCUT2D eigenvalue weighted by atomic mass is 19.1. The number of nitrogens with one attached hydrogen (secondary N) is 1. The molecule has 3 rings (SSSR count). The van der Waals surface area contributed by atoms with Crippen LogP contribution < -0.4 is 11.2 Å². The van der Waals surface area contributed by atoms with Gasteiger partial charge in [0.2, 0.25) is 5.89 Å². The maximum Gasteiger partial charge on any atom is 0.437 e. The molecule has 1 aliphatic rings. The highest BCUT2D eigenvalue weighted by Gasteiger charge is 2.18. The minimum Gasteiger partial charge on any atom is -0.388 e. The quantitative estimate of drug-likeness (QED) is 0.841. The van der Waals surface area contributed by atoms with E-state index in [9.17, 15) is 14.0 Å². The van der Waals surface area contributed by atoms with Crippen LogP contribution in [0.1, 0.15) is 0 Å². The number of hydrogen-bond donors (Lipinski definition) is 1. The molecule has 0 radical (unpaired) electrons. The van der Waals surface area contributed by atoms with Gasteiger partial charge >= 0.3 is 5.76 Å². The van der Waals surface area contributed by atoms with Gasteiger partial charge in [-0.2, -0.15) is 4.68 Å². The van der Waals surface area contributed by atoms with Gasteiger partial charge in [-0.25, -0.2) is 14.2 Å². The molecule has 0 bridgehead atoms. The van der Waals surface area contributed by atoms with E-state index >= 15 is 0 Å². The molecular formula is C15H18FN5O3. The van der Waals surface area contributed by atoms with Crippen LogP contribution >= 0.6 is 0 Å². The largest absolute Gasteiger partial charge is 0.437 e. The number of aromatic nitrogens is 2. The van der Waals surface area contributed by atoms with E-state index < -0.39 is 11.6 Å². The fourth-order valence-corrected chi connectivity index (χ4v) is 2.38. The van der Waals surface area contributed by atoms with Gasteiger partial charge in [0.1, 0.15) is 12.4 Å². The third-order valence-corrected chi connectivity index (χ3v) is 3.78. The van der Waals surface area contributed by atoms with Crippen molar-refractivity contribution in [3.8, 4) is 11.5 Å². The Bertz CT molecular complexity index is 762. The van der Waals surface area contributed by atoms with E-state index in [1.165, 1.54) is 24.3 Å². The van der Waals surface area contributed by atoms with Crippen molar-refractivity contribution >= 4 is 5.91 Å². The van der Waals surface area contributed by atoms with Gasteiger partial charge in [-0.15, -0.1) is 5.10 Å². The second kappa shape index (κ2) is 6.93. The Kier molecular flexibility index (Phi) is 4.72. The van der Waals surface area contributed by atoms with Crippen molar-refractivity contribution < 1.29 is 13.6 Å². The highest BCUT2D eigenvalue weighted by molar-refractivity contribution is 5.75. The summed E-state index contributed by atoms with van der Waals surface area (Å²) in [5.41, 5.74) is 3.21. The van der Waals surface area contributed by atoms with E-state index in [4.69, 9.17) is 4.42 Å². The molecule has 24 heavy (non-hydrogen) atoms. The van der Waals surface area contributed by atoms with E-state index in [0.29, 0.717) is 5.56 Å². The van der Waals surface area contributed by atoms with Crippen molar-refractivity contribution in [1.82, 2.24) is 25.1 Å². The molecule has 1 aromatic heterocycles. The standard InChI is InChI=1S/C15H18FN5O3/c1-19-6-8-20(9-7-19)17-13(22)10-21-15(23)24-14(18-21)11-2-4-12(16)5-3-11/h2-5H,6-10H2,1H3,(H,17,22). The maximum absolute atomic E-state index is 12.9. The minimum absolute atomic E-state index is 0.0485. The summed E-state index contributed by atoms with van der Waals surface area (Å²) in [6.45, 7) is 2.92. The van der Waals surface area contributed by atoms with Gasteiger partial charge in [0, 0.05) is 31.7 Å². The molecule has 0 spiro atoms. The SMILES string of the molecule is CN1CCN(NC(=O)Cn2nc(-c3ccc(F)cc3)oc2=O)CC1. The molecule has 0 atom stereocenters. The maximum atomic E-state index is 12.9. The molecule has 128 valence electrons. The lowest BCUT2D eigenvalue weighted by Crippen LogP contribution is -2.53. The van der Waals surface area contributed by atoms with Crippen LogP contribution in [0.5, 0.6) is 0 Å². The topological polar surface area (TPSA) is 83.6 Å². The Labute approximate surface area is 137 Å². The first kappa shape index (κ1) is 16.3. The van der Waals surface area contributed by atoms with E-state index in [0.717, 1.165) is 30.9 Å². The first-order chi connectivity index (χ1) is 11.5. The van der Waals surface area contributed by atoms with E-state index in [1.54, 1.807) is 0 Å². The molecule has 9 heteroatoms. The van der Waals surface area contributed by atoms with Gasteiger partial charge in [-0.05, 0) is 31.3 Å². The van der Waals surface area contributed by atoms with Crippen LogP contribution in [0, 0.1) is 5.82 Å². The lowest BCUT2D eigenvalue weighted by atomic mass is 10.2. The van der Waals surface area contributed by atoms with Crippen LogP contribution in [0.4, 0.5) is 4.39 Å².